The third-order valence-electron chi connectivity index (χ3n) is 4.09. The Morgan fingerprint density at radius 1 is 1.30 bits per heavy atom. The Bertz CT molecular complexity index is 555. The van der Waals surface area contributed by atoms with Crippen molar-refractivity contribution in [1.82, 2.24) is 15.1 Å². The molecule has 1 atom stereocenters. The van der Waals surface area contributed by atoms with Gasteiger partial charge in [0.1, 0.15) is 0 Å². The molecule has 1 aromatic carbocycles. The summed E-state index contributed by atoms with van der Waals surface area (Å²) in [6.45, 7) is 5.37. The lowest BCUT2D eigenvalue weighted by Gasteiger charge is -2.15. The summed E-state index contributed by atoms with van der Waals surface area (Å²) < 4.78 is 2.18. The van der Waals surface area contributed by atoms with Gasteiger partial charge in [-0.1, -0.05) is 37.3 Å². The third kappa shape index (κ3) is 2.78. The van der Waals surface area contributed by atoms with Crippen LogP contribution in [-0.2, 0) is 6.54 Å². The number of nitrogens with zero attached hydrogens (tertiary/aromatic N) is 2. The van der Waals surface area contributed by atoms with E-state index >= 15 is 0 Å². The fourth-order valence-electron chi connectivity index (χ4n) is 2.49. The molecule has 2 aromatic rings. The Hall–Kier alpha value is -1.61. The van der Waals surface area contributed by atoms with Gasteiger partial charge in [-0.15, -0.1) is 0 Å². The molecule has 106 valence electrons. The zero-order valence-electron chi connectivity index (χ0n) is 12.3. The SMILES string of the molecule is CCC(C)n1ncc(CNC2CC2)c1-c1ccccc1. The summed E-state index contributed by atoms with van der Waals surface area (Å²) in [7, 11) is 0. The molecule has 1 aliphatic carbocycles. The Kier molecular flexibility index (Phi) is 3.88. The molecule has 1 fully saturated rings. The van der Waals surface area contributed by atoms with Crippen LogP contribution in [0, 0.1) is 0 Å². The van der Waals surface area contributed by atoms with Gasteiger partial charge in [-0.05, 0) is 26.2 Å². The first kappa shape index (κ1) is 13.4. The zero-order chi connectivity index (χ0) is 13.9. The first-order valence-corrected chi connectivity index (χ1v) is 7.64. The fourth-order valence-corrected chi connectivity index (χ4v) is 2.49. The van der Waals surface area contributed by atoms with E-state index in [1.54, 1.807) is 0 Å². The zero-order valence-corrected chi connectivity index (χ0v) is 12.3. The highest BCUT2D eigenvalue weighted by Crippen LogP contribution is 2.28. The first-order chi connectivity index (χ1) is 9.79. The second-order valence-electron chi connectivity index (χ2n) is 5.74. The lowest BCUT2D eigenvalue weighted by molar-refractivity contribution is 0.482. The van der Waals surface area contributed by atoms with Crippen molar-refractivity contribution in [2.45, 2.75) is 51.7 Å². The highest BCUT2D eigenvalue weighted by molar-refractivity contribution is 5.63. The van der Waals surface area contributed by atoms with E-state index in [-0.39, 0.29) is 0 Å². The number of benzene rings is 1. The van der Waals surface area contributed by atoms with E-state index in [0.717, 1.165) is 19.0 Å². The molecule has 0 amide bonds. The van der Waals surface area contributed by atoms with E-state index in [9.17, 15) is 0 Å². The Balaban J connectivity index is 1.94. The standard InChI is InChI=1S/C17H23N3/c1-3-13(2)20-17(14-7-5-4-6-8-14)15(12-19-20)11-18-16-9-10-16/h4-8,12-13,16,18H,3,9-11H2,1-2H3. The van der Waals surface area contributed by atoms with Crippen LogP contribution in [0.4, 0.5) is 0 Å². The third-order valence-corrected chi connectivity index (χ3v) is 4.09. The number of nitrogens with one attached hydrogen (secondary N) is 1. The van der Waals surface area contributed by atoms with Crippen LogP contribution in [0.15, 0.2) is 36.5 Å². The average molecular weight is 269 g/mol. The summed E-state index contributed by atoms with van der Waals surface area (Å²) in [6, 6.07) is 11.8. The summed E-state index contributed by atoms with van der Waals surface area (Å²) in [6.07, 6.45) is 5.77. The molecule has 3 heteroatoms. The van der Waals surface area contributed by atoms with E-state index in [0.29, 0.717) is 6.04 Å². The van der Waals surface area contributed by atoms with Crippen LogP contribution in [-0.4, -0.2) is 15.8 Å². The van der Waals surface area contributed by atoms with Crippen LogP contribution < -0.4 is 5.32 Å². The van der Waals surface area contributed by atoms with Crippen molar-refractivity contribution < 1.29 is 0 Å². The molecule has 0 aliphatic heterocycles. The van der Waals surface area contributed by atoms with Crippen LogP contribution >= 0.6 is 0 Å². The van der Waals surface area contributed by atoms with Gasteiger partial charge in [-0.25, -0.2) is 0 Å². The van der Waals surface area contributed by atoms with Crippen LogP contribution in [0.2, 0.25) is 0 Å². The molecule has 1 N–H and O–H groups in total. The van der Waals surface area contributed by atoms with Gasteiger partial charge in [0.25, 0.3) is 0 Å². The van der Waals surface area contributed by atoms with Crippen LogP contribution in [0.5, 0.6) is 0 Å². The monoisotopic (exact) mass is 269 g/mol. The van der Waals surface area contributed by atoms with Gasteiger partial charge in [-0.2, -0.15) is 5.10 Å². The molecule has 20 heavy (non-hydrogen) atoms. The molecular weight excluding hydrogens is 246 g/mol. The minimum Gasteiger partial charge on any atom is -0.310 e. The summed E-state index contributed by atoms with van der Waals surface area (Å²) in [4.78, 5) is 0. The fraction of sp³-hybridized carbons (Fsp3) is 0.471. The van der Waals surface area contributed by atoms with E-state index < -0.39 is 0 Å². The molecule has 1 unspecified atom stereocenters. The lowest BCUT2D eigenvalue weighted by Crippen LogP contribution is -2.16. The maximum atomic E-state index is 4.64. The molecule has 0 radical (unpaired) electrons. The van der Waals surface area contributed by atoms with Crippen molar-refractivity contribution in [3.8, 4) is 11.3 Å². The second-order valence-corrected chi connectivity index (χ2v) is 5.74. The highest BCUT2D eigenvalue weighted by atomic mass is 15.3. The molecule has 1 saturated carbocycles. The van der Waals surface area contributed by atoms with E-state index in [1.165, 1.54) is 29.7 Å². The molecule has 3 rings (SSSR count). The van der Waals surface area contributed by atoms with Crippen molar-refractivity contribution in [1.29, 1.82) is 0 Å². The number of rotatable bonds is 6. The summed E-state index contributed by atoms with van der Waals surface area (Å²) in [5.74, 6) is 0. The Morgan fingerprint density at radius 3 is 2.70 bits per heavy atom. The molecule has 1 aromatic heterocycles. The minimum absolute atomic E-state index is 0.430. The van der Waals surface area contributed by atoms with Gasteiger partial charge in [0.05, 0.1) is 11.9 Å². The van der Waals surface area contributed by atoms with Gasteiger partial charge >= 0.3 is 0 Å². The quantitative estimate of drug-likeness (QED) is 0.865. The molecule has 0 saturated heterocycles. The molecule has 0 spiro atoms. The summed E-state index contributed by atoms with van der Waals surface area (Å²) in [5, 5.41) is 8.24. The highest BCUT2D eigenvalue weighted by Gasteiger charge is 2.22. The van der Waals surface area contributed by atoms with Gasteiger partial charge in [-0.3, -0.25) is 4.68 Å². The van der Waals surface area contributed by atoms with Gasteiger partial charge < -0.3 is 5.32 Å². The summed E-state index contributed by atoms with van der Waals surface area (Å²) >= 11 is 0. The molecular formula is C17H23N3. The Morgan fingerprint density at radius 2 is 2.05 bits per heavy atom. The minimum atomic E-state index is 0.430. The van der Waals surface area contributed by atoms with E-state index in [4.69, 9.17) is 0 Å². The van der Waals surface area contributed by atoms with E-state index in [1.807, 2.05) is 6.20 Å². The van der Waals surface area contributed by atoms with Crippen molar-refractivity contribution in [3.05, 3.63) is 42.1 Å². The number of hydrogen-bond donors (Lipinski definition) is 1. The average Bonchev–Trinajstić information content (AvgIpc) is 3.23. The molecule has 1 aliphatic rings. The van der Waals surface area contributed by atoms with Crippen molar-refractivity contribution >= 4 is 0 Å². The van der Waals surface area contributed by atoms with Crippen molar-refractivity contribution in [3.63, 3.8) is 0 Å². The maximum absolute atomic E-state index is 4.64. The van der Waals surface area contributed by atoms with Gasteiger partial charge in [0.15, 0.2) is 0 Å². The predicted octanol–water partition coefficient (Wildman–Crippen LogP) is 3.77. The molecule has 0 bridgehead atoms. The number of aromatic nitrogens is 2. The van der Waals surface area contributed by atoms with Crippen LogP contribution in [0.3, 0.4) is 0 Å². The second kappa shape index (κ2) is 5.80. The normalized spacial score (nSPS) is 16.3. The topological polar surface area (TPSA) is 29.9 Å². The lowest BCUT2D eigenvalue weighted by atomic mass is 10.1. The number of hydrogen-bond acceptors (Lipinski definition) is 2. The van der Waals surface area contributed by atoms with Gasteiger partial charge in [0, 0.05) is 29.8 Å². The predicted molar refractivity (Wildman–Crippen MR) is 82.5 cm³/mol. The van der Waals surface area contributed by atoms with Crippen molar-refractivity contribution in [2.75, 3.05) is 0 Å². The largest absolute Gasteiger partial charge is 0.310 e. The summed E-state index contributed by atoms with van der Waals surface area (Å²) in [5.41, 5.74) is 3.84. The van der Waals surface area contributed by atoms with Crippen LogP contribution in [0.1, 0.15) is 44.7 Å². The first-order valence-electron chi connectivity index (χ1n) is 7.64. The van der Waals surface area contributed by atoms with Crippen LogP contribution in [0.25, 0.3) is 11.3 Å². The Labute approximate surface area is 121 Å². The molecule has 3 nitrogen and oxygen atoms in total. The van der Waals surface area contributed by atoms with Gasteiger partial charge in [0.2, 0.25) is 0 Å². The smallest absolute Gasteiger partial charge is 0.0730 e. The van der Waals surface area contributed by atoms with E-state index in [2.05, 4.69) is 59.3 Å². The maximum Gasteiger partial charge on any atom is 0.0730 e. The molecule has 1 heterocycles. The van der Waals surface area contributed by atoms with Crippen molar-refractivity contribution in [2.24, 2.45) is 0 Å².